The molecule has 5 heteroatoms. The Labute approximate surface area is 105 Å². The largest absolute Gasteiger partial charge is 0.545 e. The molecule has 0 saturated carbocycles. The predicted octanol–water partition coefficient (Wildman–Crippen LogP) is 0.861. The van der Waals surface area contributed by atoms with E-state index in [9.17, 15) is 9.90 Å². The summed E-state index contributed by atoms with van der Waals surface area (Å²) < 4.78 is 6.65. The van der Waals surface area contributed by atoms with Crippen LogP contribution in [-0.4, -0.2) is 22.9 Å². The smallest absolute Gasteiger partial charge is 0.119 e. The summed E-state index contributed by atoms with van der Waals surface area (Å²) in [6.07, 6.45) is 0. The molecule has 0 aliphatic carbocycles. The molecular formula is C13H13N2O3-. The van der Waals surface area contributed by atoms with Crippen molar-refractivity contribution in [2.45, 2.75) is 13.8 Å². The standard InChI is InChI=1S/C13H14N2O3/c1-8-12(13(16)17)9(2)15(14-8)10-4-6-11(18-3)7-5-10/h4-7H,1-3H3,(H,16,17)/p-1. The number of carbonyl (C=O) groups excluding carboxylic acids is 1. The predicted molar refractivity (Wildman–Crippen MR) is 63.9 cm³/mol. The number of rotatable bonds is 3. The van der Waals surface area contributed by atoms with E-state index < -0.39 is 5.97 Å². The number of hydrogen-bond acceptors (Lipinski definition) is 4. The number of hydrogen-bond donors (Lipinski definition) is 0. The van der Waals surface area contributed by atoms with E-state index in [1.165, 1.54) is 0 Å². The maximum absolute atomic E-state index is 11.0. The number of nitrogens with zero attached hydrogens (tertiary/aromatic N) is 2. The van der Waals surface area contributed by atoms with Crippen LogP contribution < -0.4 is 9.84 Å². The van der Waals surface area contributed by atoms with Crippen LogP contribution in [0.4, 0.5) is 0 Å². The first-order chi connectivity index (χ1) is 8.54. The summed E-state index contributed by atoms with van der Waals surface area (Å²) in [6.45, 7) is 3.35. The van der Waals surface area contributed by atoms with Crippen LogP contribution in [0, 0.1) is 13.8 Å². The average Bonchev–Trinajstić information content (AvgIpc) is 2.65. The Balaban J connectivity index is 2.50. The number of methoxy groups -OCH3 is 1. The van der Waals surface area contributed by atoms with E-state index in [4.69, 9.17) is 4.74 Å². The Morgan fingerprint density at radius 1 is 1.28 bits per heavy atom. The minimum atomic E-state index is -1.20. The second-order valence-corrected chi connectivity index (χ2v) is 3.94. The van der Waals surface area contributed by atoms with Crippen molar-refractivity contribution in [3.8, 4) is 11.4 Å². The van der Waals surface area contributed by atoms with Crippen molar-refractivity contribution in [1.29, 1.82) is 0 Å². The van der Waals surface area contributed by atoms with Gasteiger partial charge in [-0.25, -0.2) is 4.68 Å². The number of ether oxygens (including phenoxy) is 1. The van der Waals surface area contributed by atoms with E-state index in [-0.39, 0.29) is 5.56 Å². The second kappa shape index (κ2) is 4.52. The molecule has 1 aromatic carbocycles. The first-order valence-electron chi connectivity index (χ1n) is 5.46. The molecule has 18 heavy (non-hydrogen) atoms. The van der Waals surface area contributed by atoms with Crippen LogP contribution in [0.5, 0.6) is 5.75 Å². The van der Waals surface area contributed by atoms with Gasteiger partial charge in [-0.15, -0.1) is 0 Å². The molecule has 0 amide bonds. The van der Waals surface area contributed by atoms with E-state index in [1.54, 1.807) is 37.8 Å². The summed E-state index contributed by atoms with van der Waals surface area (Å²) in [5.74, 6) is -0.467. The molecule has 0 atom stereocenters. The van der Waals surface area contributed by atoms with Gasteiger partial charge in [0.15, 0.2) is 0 Å². The van der Waals surface area contributed by atoms with Gasteiger partial charge in [0, 0.05) is 5.56 Å². The molecule has 0 fully saturated rings. The Kier molecular flexibility index (Phi) is 3.06. The lowest BCUT2D eigenvalue weighted by Crippen LogP contribution is -2.23. The number of carboxylic acid groups (broad SMARTS) is 1. The maximum atomic E-state index is 11.0. The van der Waals surface area contributed by atoms with Gasteiger partial charge in [0.05, 0.1) is 30.2 Å². The Morgan fingerprint density at radius 3 is 2.33 bits per heavy atom. The van der Waals surface area contributed by atoms with Crippen molar-refractivity contribution in [1.82, 2.24) is 9.78 Å². The van der Waals surface area contributed by atoms with E-state index in [0.717, 1.165) is 11.4 Å². The summed E-state index contributed by atoms with van der Waals surface area (Å²) in [5, 5.41) is 15.2. The first-order valence-corrected chi connectivity index (χ1v) is 5.46. The zero-order chi connectivity index (χ0) is 13.3. The molecule has 0 unspecified atom stereocenters. The van der Waals surface area contributed by atoms with Gasteiger partial charge in [-0.2, -0.15) is 5.10 Å². The summed E-state index contributed by atoms with van der Waals surface area (Å²) in [4.78, 5) is 11.0. The van der Waals surface area contributed by atoms with Crippen molar-refractivity contribution in [2.24, 2.45) is 0 Å². The van der Waals surface area contributed by atoms with Crippen LogP contribution in [0.3, 0.4) is 0 Å². The highest BCUT2D eigenvalue weighted by Crippen LogP contribution is 2.19. The van der Waals surface area contributed by atoms with Gasteiger partial charge in [0.25, 0.3) is 0 Å². The molecule has 0 radical (unpaired) electrons. The molecule has 0 aliphatic heterocycles. The highest BCUT2D eigenvalue weighted by atomic mass is 16.5. The normalized spacial score (nSPS) is 10.4. The number of aromatic nitrogens is 2. The van der Waals surface area contributed by atoms with E-state index in [1.807, 2.05) is 12.1 Å². The number of carbonyl (C=O) groups is 1. The fourth-order valence-electron chi connectivity index (χ4n) is 1.91. The summed E-state index contributed by atoms with van der Waals surface area (Å²) in [7, 11) is 1.59. The number of aromatic carboxylic acids is 1. The van der Waals surface area contributed by atoms with Crippen LogP contribution >= 0.6 is 0 Å². The topological polar surface area (TPSA) is 67.2 Å². The lowest BCUT2D eigenvalue weighted by atomic mass is 10.2. The van der Waals surface area contributed by atoms with Crippen molar-refractivity contribution >= 4 is 5.97 Å². The molecular weight excluding hydrogens is 232 g/mol. The molecule has 0 aliphatic rings. The molecule has 1 aromatic heterocycles. The summed E-state index contributed by atoms with van der Waals surface area (Å²) in [6, 6.07) is 7.23. The molecule has 0 saturated heterocycles. The van der Waals surface area contributed by atoms with Gasteiger partial charge >= 0.3 is 0 Å². The lowest BCUT2D eigenvalue weighted by Gasteiger charge is -2.07. The highest BCUT2D eigenvalue weighted by molar-refractivity contribution is 5.88. The Morgan fingerprint density at radius 2 is 1.89 bits per heavy atom. The monoisotopic (exact) mass is 245 g/mol. The van der Waals surface area contributed by atoms with Crippen molar-refractivity contribution in [2.75, 3.05) is 7.11 Å². The van der Waals surface area contributed by atoms with Gasteiger partial charge < -0.3 is 14.6 Å². The quantitative estimate of drug-likeness (QED) is 0.804. The maximum Gasteiger partial charge on any atom is 0.119 e. The number of benzene rings is 1. The van der Waals surface area contributed by atoms with Crippen LogP contribution in [-0.2, 0) is 0 Å². The van der Waals surface area contributed by atoms with Crippen LogP contribution in [0.1, 0.15) is 21.7 Å². The van der Waals surface area contributed by atoms with E-state index >= 15 is 0 Å². The molecule has 0 spiro atoms. The fraction of sp³-hybridized carbons (Fsp3) is 0.231. The van der Waals surface area contributed by atoms with E-state index in [0.29, 0.717) is 11.4 Å². The first kappa shape index (κ1) is 12.2. The van der Waals surface area contributed by atoms with E-state index in [2.05, 4.69) is 5.10 Å². The number of carboxylic acids is 1. The van der Waals surface area contributed by atoms with Crippen LogP contribution in [0.2, 0.25) is 0 Å². The zero-order valence-electron chi connectivity index (χ0n) is 10.4. The second-order valence-electron chi connectivity index (χ2n) is 3.94. The van der Waals surface area contributed by atoms with Crippen molar-refractivity contribution in [3.05, 3.63) is 41.2 Å². The van der Waals surface area contributed by atoms with Gasteiger partial charge in [-0.05, 0) is 38.1 Å². The minimum Gasteiger partial charge on any atom is -0.545 e. The molecule has 5 nitrogen and oxygen atoms in total. The van der Waals surface area contributed by atoms with Gasteiger partial charge in [-0.3, -0.25) is 0 Å². The summed E-state index contributed by atoms with van der Waals surface area (Å²) >= 11 is 0. The van der Waals surface area contributed by atoms with Gasteiger partial charge in [0.1, 0.15) is 5.75 Å². The number of aryl methyl sites for hydroxylation is 1. The third kappa shape index (κ3) is 1.95. The van der Waals surface area contributed by atoms with Gasteiger partial charge in [-0.1, -0.05) is 0 Å². The molecule has 2 rings (SSSR count). The van der Waals surface area contributed by atoms with Crippen LogP contribution in [0.15, 0.2) is 24.3 Å². The molecule has 1 heterocycles. The molecule has 0 N–H and O–H groups in total. The van der Waals surface area contributed by atoms with Crippen LogP contribution in [0.25, 0.3) is 5.69 Å². The fourth-order valence-corrected chi connectivity index (χ4v) is 1.91. The Hall–Kier alpha value is -2.30. The average molecular weight is 245 g/mol. The van der Waals surface area contributed by atoms with Crippen molar-refractivity contribution < 1.29 is 14.6 Å². The summed E-state index contributed by atoms with van der Waals surface area (Å²) in [5.41, 5.74) is 1.93. The van der Waals surface area contributed by atoms with Crippen molar-refractivity contribution in [3.63, 3.8) is 0 Å². The van der Waals surface area contributed by atoms with Gasteiger partial charge in [0.2, 0.25) is 0 Å². The minimum absolute atomic E-state index is 0.144. The third-order valence-corrected chi connectivity index (χ3v) is 2.81. The highest BCUT2D eigenvalue weighted by Gasteiger charge is 2.13. The molecule has 94 valence electrons. The zero-order valence-corrected chi connectivity index (χ0v) is 10.4. The molecule has 2 aromatic rings. The third-order valence-electron chi connectivity index (χ3n) is 2.81. The lowest BCUT2D eigenvalue weighted by molar-refractivity contribution is -0.255. The Bertz CT molecular complexity index is 585. The molecule has 0 bridgehead atoms. The SMILES string of the molecule is COc1ccc(-n2nc(C)c(C(=O)[O-])c2C)cc1.